The van der Waals surface area contributed by atoms with E-state index in [9.17, 15) is 0 Å². The van der Waals surface area contributed by atoms with Crippen LogP contribution in [-0.4, -0.2) is 29.5 Å². The van der Waals surface area contributed by atoms with Gasteiger partial charge in [0.15, 0.2) is 0 Å². The van der Waals surface area contributed by atoms with Crippen molar-refractivity contribution in [1.82, 2.24) is 29.5 Å². The molecule has 0 atom stereocenters. The maximum Gasteiger partial charge on any atom is 0.0741 e. The molecule has 41 heavy (non-hydrogen) atoms. The van der Waals surface area contributed by atoms with Crippen LogP contribution in [0.1, 0.15) is 0 Å². The SMILES string of the molecule is Clc1cc(-c2ccnn2-c2ccc(-c3ccccn3)cc2)cc(-c2ccnn2-c2ccc(-c3ccccn3)cc2)c1. The minimum atomic E-state index is 0.633. The molecule has 7 heteroatoms. The maximum absolute atomic E-state index is 6.68. The van der Waals surface area contributed by atoms with Crippen molar-refractivity contribution >= 4 is 11.6 Å². The van der Waals surface area contributed by atoms with Gasteiger partial charge in [0.2, 0.25) is 0 Å². The molecule has 0 radical (unpaired) electrons. The number of benzene rings is 3. The Morgan fingerprint density at radius 2 is 0.902 bits per heavy atom. The molecule has 7 rings (SSSR count). The lowest BCUT2D eigenvalue weighted by molar-refractivity contribution is 0.885. The van der Waals surface area contributed by atoms with Crippen molar-refractivity contribution in [2.24, 2.45) is 0 Å². The van der Waals surface area contributed by atoms with E-state index in [1.165, 1.54) is 0 Å². The van der Waals surface area contributed by atoms with Crippen molar-refractivity contribution < 1.29 is 0 Å². The first-order valence-electron chi connectivity index (χ1n) is 13.2. The number of pyridine rings is 2. The van der Waals surface area contributed by atoms with Crippen LogP contribution in [0, 0.1) is 0 Å². The highest BCUT2D eigenvalue weighted by atomic mass is 35.5. The molecule has 0 bridgehead atoms. The van der Waals surface area contributed by atoms with Gasteiger partial charge in [-0.1, -0.05) is 48.0 Å². The summed E-state index contributed by atoms with van der Waals surface area (Å²) in [5.41, 5.74) is 9.64. The summed E-state index contributed by atoms with van der Waals surface area (Å²) in [5.74, 6) is 0. The molecule has 6 nitrogen and oxygen atoms in total. The Balaban J connectivity index is 1.22. The van der Waals surface area contributed by atoms with Gasteiger partial charge in [-0.05, 0) is 78.9 Å². The van der Waals surface area contributed by atoms with E-state index < -0.39 is 0 Å². The second-order valence-electron chi connectivity index (χ2n) is 9.51. The topological polar surface area (TPSA) is 61.4 Å². The number of hydrogen-bond acceptors (Lipinski definition) is 4. The van der Waals surface area contributed by atoms with Crippen LogP contribution < -0.4 is 0 Å². The number of rotatable bonds is 6. The zero-order valence-corrected chi connectivity index (χ0v) is 22.6. The van der Waals surface area contributed by atoms with Crippen molar-refractivity contribution in [1.29, 1.82) is 0 Å². The average molecular weight is 551 g/mol. The monoisotopic (exact) mass is 550 g/mol. The summed E-state index contributed by atoms with van der Waals surface area (Å²) in [4.78, 5) is 8.90. The zero-order valence-electron chi connectivity index (χ0n) is 21.8. The van der Waals surface area contributed by atoms with Crippen molar-refractivity contribution in [2.45, 2.75) is 0 Å². The van der Waals surface area contributed by atoms with Gasteiger partial charge in [-0.25, -0.2) is 9.36 Å². The minimum absolute atomic E-state index is 0.633. The van der Waals surface area contributed by atoms with E-state index >= 15 is 0 Å². The summed E-state index contributed by atoms with van der Waals surface area (Å²) in [6.07, 6.45) is 7.20. The van der Waals surface area contributed by atoms with Gasteiger partial charge in [0.1, 0.15) is 0 Å². The normalized spacial score (nSPS) is 11.0. The molecule has 4 heterocycles. The number of halogens is 1. The van der Waals surface area contributed by atoms with Gasteiger partial charge in [-0.2, -0.15) is 10.2 Å². The van der Waals surface area contributed by atoms with Crippen molar-refractivity contribution in [2.75, 3.05) is 0 Å². The van der Waals surface area contributed by atoms with Crippen LogP contribution in [-0.2, 0) is 0 Å². The smallest absolute Gasteiger partial charge is 0.0741 e. The molecule has 0 fully saturated rings. The summed E-state index contributed by atoms with van der Waals surface area (Å²) in [7, 11) is 0. The van der Waals surface area contributed by atoms with E-state index in [1.807, 2.05) is 70.0 Å². The maximum atomic E-state index is 6.68. The zero-order chi connectivity index (χ0) is 27.6. The van der Waals surface area contributed by atoms with E-state index in [0.717, 1.165) is 56.4 Å². The molecule has 0 spiro atoms. The first-order valence-corrected chi connectivity index (χ1v) is 13.5. The van der Waals surface area contributed by atoms with Gasteiger partial charge >= 0.3 is 0 Å². The first kappa shape index (κ1) is 24.7. The molecule has 3 aromatic carbocycles. The van der Waals surface area contributed by atoms with Gasteiger partial charge in [-0.3, -0.25) is 9.97 Å². The Labute approximate surface area is 242 Å². The predicted molar refractivity (Wildman–Crippen MR) is 163 cm³/mol. The summed E-state index contributed by atoms with van der Waals surface area (Å²) in [6, 6.07) is 38.3. The third kappa shape index (κ3) is 4.93. The van der Waals surface area contributed by atoms with E-state index in [-0.39, 0.29) is 0 Å². The summed E-state index contributed by atoms with van der Waals surface area (Å²) in [6.45, 7) is 0. The molecule has 0 amide bonds. The highest BCUT2D eigenvalue weighted by molar-refractivity contribution is 6.31. The van der Waals surface area contributed by atoms with Crippen molar-refractivity contribution in [3.8, 4) is 56.4 Å². The highest BCUT2D eigenvalue weighted by Crippen LogP contribution is 2.33. The second-order valence-corrected chi connectivity index (χ2v) is 9.95. The van der Waals surface area contributed by atoms with E-state index in [4.69, 9.17) is 11.6 Å². The lowest BCUT2D eigenvalue weighted by Gasteiger charge is -2.12. The lowest BCUT2D eigenvalue weighted by atomic mass is 10.0. The van der Waals surface area contributed by atoms with Crippen molar-refractivity contribution in [3.63, 3.8) is 0 Å². The molecule has 0 aliphatic heterocycles. The fourth-order valence-corrected chi connectivity index (χ4v) is 5.19. The molecule has 0 aliphatic rings. The van der Waals surface area contributed by atoms with Gasteiger partial charge in [0.05, 0.1) is 46.5 Å². The van der Waals surface area contributed by atoms with Crippen LogP contribution in [0.3, 0.4) is 0 Å². The van der Waals surface area contributed by atoms with Gasteiger partial charge in [0, 0.05) is 39.7 Å². The fourth-order valence-electron chi connectivity index (χ4n) is 4.95. The van der Waals surface area contributed by atoms with Gasteiger partial charge in [0.25, 0.3) is 0 Å². The molecule has 0 N–H and O–H groups in total. The molecule has 0 saturated heterocycles. The Morgan fingerprint density at radius 1 is 0.439 bits per heavy atom. The van der Waals surface area contributed by atoms with Crippen LogP contribution in [0.4, 0.5) is 0 Å². The van der Waals surface area contributed by atoms with Crippen LogP contribution in [0.15, 0.2) is 140 Å². The molecular formula is C34H23ClN6. The minimum Gasteiger partial charge on any atom is -0.256 e. The van der Waals surface area contributed by atoms with Crippen molar-refractivity contribution in [3.05, 3.63) is 145 Å². The molecule has 4 aromatic heterocycles. The number of hydrogen-bond donors (Lipinski definition) is 0. The number of aromatic nitrogens is 6. The Hall–Kier alpha value is -5.33. The average Bonchev–Trinajstić information content (AvgIpc) is 3.73. The summed E-state index contributed by atoms with van der Waals surface area (Å²) < 4.78 is 3.84. The van der Waals surface area contributed by atoms with Crippen LogP contribution in [0.2, 0.25) is 5.02 Å². The summed E-state index contributed by atoms with van der Waals surface area (Å²) in [5, 5.41) is 9.88. The third-order valence-electron chi connectivity index (χ3n) is 6.92. The molecule has 0 unspecified atom stereocenters. The Kier molecular flexibility index (Phi) is 6.43. The quantitative estimate of drug-likeness (QED) is 0.209. The van der Waals surface area contributed by atoms with Crippen LogP contribution in [0.25, 0.3) is 56.4 Å². The van der Waals surface area contributed by atoms with Crippen LogP contribution in [0.5, 0.6) is 0 Å². The van der Waals surface area contributed by atoms with Gasteiger partial charge < -0.3 is 0 Å². The van der Waals surface area contributed by atoms with E-state index in [0.29, 0.717) is 5.02 Å². The molecule has 7 aromatic rings. The molecular weight excluding hydrogens is 528 g/mol. The van der Waals surface area contributed by atoms with E-state index in [1.54, 1.807) is 24.8 Å². The van der Waals surface area contributed by atoms with Crippen LogP contribution >= 0.6 is 11.6 Å². The number of nitrogens with zero attached hydrogens (tertiary/aromatic N) is 6. The molecule has 0 aliphatic carbocycles. The Morgan fingerprint density at radius 3 is 1.32 bits per heavy atom. The lowest BCUT2D eigenvalue weighted by Crippen LogP contribution is -2.01. The molecule has 0 saturated carbocycles. The summed E-state index contributed by atoms with van der Waals surface area (Å²) >= 11 is 6.68. The predicted octanol–water partition coefficient (Wildman–Crippen LogP) is 8.17. The standard InChI is InChI=1S/C34H23ClN6/c35-28-22-26(33-15-19-38-40(33)29-11-7-24(8-12-29)31-5-1-3-17-36-31)21-27(23-28)34-16-20-39-41(34)30-13-9-25(10-14-30)32-6-2-4-18-37-32/h1-23H. The van der Waals surface area contributed by atoms with E-state index in [2.05, 4.69) is 74.8 Å². The van der Waals surface area contributed by atoms with Gasteiger partial charge in [-0.15, -0.1) is 0 Å². The third-order valence-corrected chi connectivity index (χ3v) is 7.14. The second kappa shape index (κ2) is 10.7. The largest absolute Gasteiger partial charge is 0.256 e. The first-order chi connectivity index (χ1) is 20.2. The Bertz CT molecular complexity index is 1790. The molecule has 196 valence electrons. The highest BCUT2D eigenvalue weighted by Gasteiger charge is 2.14. The fraction of sp³-hybridized carbons (Fsp3) is 0.